The fourth-order valence-corrected chi connectivity index (χ4v) is 5.32. The van der Waals surface area contributed by atoms with E-state index in [1.807, 2.05) is 0 Å². The maximum Gasteiger partial charge on any atom is 0.0906 e. The van der Waals surface area contributed by atoms with E-state index in [4.69, 9.17) is 4.74 Å². The van der Waals surface area contributed by atoms with Crippen molar-refractivity contribution in [2.45, 2.75) is 37.9 Å². The molecule has 1 saturated heterocycles. The van der Waals surface area contributed by atoms with Crippen LogP contribution in [0.4, 0.5) is 0 Å². The minimum atomic E-state index is 0.755. The van der Waals surface area contributed by atoms with Crippen LogP contribution in [0.2, 0.25) is 0 Å². The summed E-state index contributed by atoms with van der Waals surface area (Å²) in [5.74, 6) is 4.38. The molecule has 5 aliphatic rings. The molecule has 0 N–H and O–H groups in total. The van der Waals surface area contributed by atoms with Gasteiger partial charge in [0.15, 0.2) is 0 Å². The lowest BCUT2D eigenvalue weighted by Gasteiger charge is -2.26. The Hall–Kier alpha value is -0.0400. The van der Waals surface area contributed by atoms with Crippen molar-refractivity contribution < 1.29 is 4.74 Å². The second-order valence-electron chi connectivity index (χ2n) is 5.88. The second kappa shape index (κ2) is 1.30. The van der Waals surface area contributed by atoms with Gasteiger partial charge in [-0.25, -0.2) is 0 Å². The Morgan fingerprint density at radius 2 is 2.17 bits per heavy atom. The SMILES string of the molecule is C1C2C[C@@]23C2OC2[C@@H]2C[C@H]1CC23. The maximum atomic E-state index is 5.84. The summed E-state index contributed by atoms with van der Waals surface area (Å²) in [5, 5.41) is 0. The highest BCUT2D eigenvalue weighted by Gasteiger charge is 2.81. The number of hydrogen-bond donors (Lipinski definition) is 0. The predicted molar refractivity (Wildman–Crippen MR) is 43.5 cm³/mol. The summed E-state index contributed by atoms with van der Waals surface area (Å²) in [6, 6.07) is 0. The zero-order valence-corrected chi connectivity index (χ0v) is 7.20. The molecule has 1 heteroatoms. The Labute approximate surface area is 72.5 Å². The average Bonchev–Trinajstić information content (AvgIpc) is 2.85. The molecule has 0 aromatic rings. The monoisotopic (exact) mass is 162 g/mol. The van der Waals surface area contributed by atoms with Crippen LogP contribution in [0.25, 0.3) is 0 Å². The zero-order chi connectivity index (χ0) is 7.50. The molecule has 7 atom stereocenters. The highest BCUT2D eigenvalue weighted by Crippen LogP contribution is 2.81. The molecule has 0 amide bonds. The molecule has 1 heterocycles. The van der Waals surface area contributed by atoms with E-state index in [1.54, 1.807) is 19.3 Å². The second-order valence-corrected chi connectivity index (χ2v) is 5.88. The summed E-state index contributed by atoms with van der Waals surface area (Å²) in [6.45, 7) is 0. The van der Waals surface area contributed by atoms with Crippen LogP contribution in [0.5, 0.6) is 0 Å². The van der Waals surface area contributed by atoms with E-state index in [0.29, 0.717) is 0 Å². The lowest BCUT2D eigenvalue weighted by Crippen LogP contribution is -2.23. The van der Waals surface area contributed by atoms with Crippen molar-refractivity contribution in [2.24, 2.45) is 29.1 Å². The molecule has 5 rings (SSSR count). The van der Waals surface area contributed by atoms with Crippen LogP contribution < -0.4 is 0 Å². The van der Waals surface area contributed by atoms with Gasteiger partial charge in [0.2, 0.25) is 0 Å². The molecule has 1 aliphatic heterocycles. The van der Waals surface area contributed by atoms with Crippen LogP contribution in [0, 0.1) is 29.1 Å². The van der Waals surface area contributed by atoms with Crippen LogP contribution in [0.3, 0.4) is 0 Å². The summed E-state index contributed by atoms with van der Waals surface area (Å²) in [6.07, 6.45) is 7.75. The summed E-state index contributed by atoms with van der Waals surface area (Å²) in [7, 11) is 0. The van der Waals surface area contributed by atoms with Gasteiger partial charge in [-0.3, -0.25) is 0 Å². The number of ether oxygens (including phenoxy) is 1. The van der Waals surface area contributed by atoms with Crippen molar-refractivity contribution in [3.05, 3.63) is 0 Å². The van der Waals surface area contributed by atoms with Gasteiger partial charge in [0.25, 0.3) is 0 Å². The molecule has 0 radical (unpaired) electrons. The molecule has 0 aromatic heterocycles. The Balaban J connectivity index is 1.77. The standard InChI is InChI=1S/C11H14O/c1-5-2-7-8(3-5)11(4-6(1)11)10-9(7)12-10/h5-10H,1-4H2/t5-,6?,7+,8?,9?,10?,11+/m0/s1. The van der Waals surface area contributed by atoms with Gasteiger partial charge >= 0.3 is 0 Å². The van der Waals surface area contributed by atoms with Crippen molar-refractivity contribution in [1.82, 2.24) is 0 Å². The topological polar surface area (TPSA) is 12.5 Å². The fourth-order valence-electron chi connectivity index (χ4n) is 5.32. The Kier molecular flexibility index (Phi) is 0.609. The highest BCUT2D eigenvalue weighted by atomic mass is 16.6. The lowest BCUT2D eigenvalue weighted by molar-refractivity contribution is 0.126. The average molecular weight is 162 g/mol. The summed E-state index contributed by atoms with van der Waals surface area (Å²) >= 11 is 0. The first-order chi connectivity index (χ1) is 5.89. The van der Waals surface area contributed by atoms with Crippen molar-refractivity contribution >= 4 is 0 Å². The van der Waals surface area contributed by atoms with Gasteiger partial charge in [0.1, 0.15) is 0 Å². The fraction of sp³-hybridized carbons (Fsp3) is 1.00. The van der Waals surface area contributed by atoms with Gasteiger partial charge < -0.3 is 4.74 Å². The molecule has 4 saturated carbocycles. The first-order valence-corrected chi connectivity index (χ1v) is 5.55. The summed E-state index contributed by atoms with van der Waals surface area (Å²) in [4.78, 5) is 0. The molecule has 4 unspecified atom stereocenters. The van der Waals surface area contributed by atoms with Gasteiger partial charge in [-0.2, -0.15) is 0 Å². The normalized spacial score (nSPS) is 80.0. The molecule has 0 aromatic carbocycles. The zero-order valence-electron chi connectivity index (χ0n) is 7.20. The van der Waals surface area contributed by atoms with Gasteiger partial charge in [-0.1, -0.05) is 0 Å². The van der Waals surface area contributed by atoms with Gasteiger partial charge in [-0.15, -0.1) is 0 Å². The third-order valence-corrected chi connectivity index (χ3v) is 5.69. The Morgan fingerprint density at radius 3 is 3.17 bits per heavy atom. The first-order valence-electron chi connectivity index (χ1n) is 5.55. The summed E-state index contributed by atoms with van der Waals surface area (Å²) in [5.41, 5.74) is 0.780. The molecule has 1 nitrogen and oxygen atoms in total. The molecule has 1 spiro atoms. The van der Waals surface area contributed by atoms with E-state index >= 15 is 0 Å². The minimum absolute atomic E-state index is 0.755. The molecule has 2 bridgehead atoms. The lowest BCUT2D eigenvalue weighted by atomic mass is 9.79. The largest absolute Gasteiger partial charge is 0.369 e. The van der Waals surface area contributed by atoms with Crippen molar-refractivity contribution in [1.29, 1.82) is 0 Å². The number of hydrogen-bond acceptors (Lipinski definition) is 1. The van der Waals surface area contributed by atoms with E-state index in [1.165, 1.54) is 6.42 Å². The Bertz CT molecular complexity index is 285. The quantitative estimate of drug-likeness (QED) is 0.495. The maximum absolute atomic E-state index is 5.84. The van der Waals surface area contributed by atoms with E-state index in [9.17, 15) is 0 Å². The van der Waals surface area contributed by atoms with Crippen LogP contribution >= 0.6 is 0 Å². The van der Waals surface area contributed by atoms with Crippen LogP contribution in [-0.2, 0) is 4.74 Å². The van der Waals surface area contributed by atoms with Crippen molar-refractivity contribution in [2.75, 3.05) is 0 Å². The van der Waals surface area contributed by atoms with Gasteiger partial charge in [-0.05, 0) is 49.4 Å². The molecule has 5 fully saturated rings. The van der Waals surface area contributed by atoms with E-state index in [-0.39, 0.29) is 0 Å². The van der Waals surface area contributed by atoms with Crippen LogP contribution in [0.1, 0.15) is 25.7 Å². The minimum Gasteiger partial charge on any atom is -0.369 e. The third-order valence-electron chi connectivity index (χ3n) is 5.69. The number of rotatable bonds is 0. The number of epoxide rings is 1. The van der Waals surface area contributed by atoms with E-state index < -0.39 is 0 Å². The number of fused-ring (bicyclic) bond motifs is 3. The highest BCUT2D eigenvalue weighted by molar-refractivity contribution is 5.29. The Morgan fingerprint density at radius 1 is 1.17 bits per heavy atom. The molecule has 64 valence electrons. The third kappa shape index (κ3) is 0.363. The van der Waals surface area contributed by atoms with Crippen molar-refractivity contribution in [3.8, 4) is 0 Å². The van der Waals surface area contributed by atoms with Crippen LogP contribution in [-0.4, -0.2) is 12.2 Å². The van der Waals surface area contributed by atoms with Crippen molar-refractivity contribution in [3.63, 3.8) is 0 Å². The predicted octanol–water partition coefficient (Wildman–Crippen LogP) is 1.82. The van der Waals surface area contributed by atoms with E-state index in [2.05, 4.69) is 0 Å². The smallest absolute Gasteiger partial charge is 0.0906 e. The van der Waals surface area contributed by atoms with Gasteiger partial charge in [0, 0.05) is 5.41 Å². The van der Waals surface area contributed by atoms with Gasteiger partial charge in [0.05, 0.1) is 12.2 Å². The first kappa shape index (κ1) is 5.64. The molecular formula is C11H14O. The molecule has 4 aliphatic carbocycles. The van der Waals surface area contributed by atoms with E-state index in [0.717, 1.165) is 41.3 Å². The molecule has 12 heavy (non-hydrogen) atoms. The summed E-state index contributed by atoms with van der Waals surface area (Å²) < 4.78 is 5.84. The molecular weight excluding hydrogens is 148 g/mol. The van der Waals surface area contributed by atoms with Crippen LogP contribution in [0.15, 0.2) is 0 Å².